The third kappa shape index (κ3) is 4.80. The molecule has 2 aromatic carbocycles. The van der Waals surface area contributed by atoms with Gasteiger partial charge in [-0.2, -0.15) is 0 Å². The molecular formula is C22H25ClO5S. The maximum absolute atomic E-state index is 10.4. The van der Waals surface area contributed by atoms with E-state index in [0.717, 1.165) is 16.4 Å². The van der Waals surface area contributed by atoms with E-state index >= 15 is 0 Å². The molecule has 1 aliphatic heterocycles. The van der Waals surface area contributed by atoms with Gasteiger partial charge in [0.2, 0.25) is 0 Å². The normalized spacial score (nSPS) is 29.8. The lowest BCUT2D eigenvalue weighted by molar-refractivity contribution is -0.231. The molecule has 0 radical (unpaired) electrons. The van der Waals surface area contributed by atoms with Crippen molar-refractivity contribution in [1.82, 2.24) is 0 Å². The Morgan fingerprint density at radius 2 is 1.69 bits per heavy atom. The van der Waals surface area contributed by atoms with Gasteiger partial charge >= 0.3 is 0 Å². The molecule has 5 atom stereocenters. The summed E-state index contributed by atoms with van der Waals surface area (Å²) in [6, 6.07) is 13.8. The number of aliphatic hydroxyl groups excluding tert-OH is 4. The number of ether oxygens (including phenoxy) is 1. The van der Waals surface area contributed by atoms with Gasteiger partial charge in [-0.1, -0.05) is 35.9 Å². The van der Waals surface area contributed by atoms with Gasteiger partial charge in [0.1, 0.15) is 30.5 Å². The number of halogens is 1. The van der Waals surface area contributed by atoms with Gasteiger partial charge in [-0.05, 0) is 54.2 Å². The molecule has 1 aliphatic carbocycles. The third-order valence-electron chi connectivity index (χ3n) is 5.44. The average Bonchev–Trinajstić information content (AvgIpc) is 3.54. The average molecular weight is 437 g/mol. The number of hydrogen-bond acceptors (Lipinski definition) is 6. The van der Waals surface area contributed by atoms with E-state index in [-0.39, 0.29) is 0 Å². The van der Waals surface area contributed by atoms with Crippen molar-refractivity contribution in [2.24, 2.45) is 0 Å². The quantitative estimate of drug-likeness (QED) is 0.556. The molecule has 0 bridgehead atoms. The summed E-state index contributed by atoms with van der Waals surface area (Å²) in [4.78, 5) is 1.28. The predicted molar refractivity (Wildman–Crippen MR) is 112 cm³/mol. The minimum absolute atomic E-state index is 0.451. The van der Waals surface area contributed by atoms with Gasteiger partial charge in [-0.15, -0.1) is 11.8 Å². The molecule has 0 aromatic heterocycles. The van der Waals surface area contributed by atoms with Crippen molar-refractivity contribution >= 4 is 23.4 Å². The highest BCUT2D eigenvalue weighted by atomic mass is 35.5. The van der Waals surface area contributed by atoms with Gasteiger partial charge in [0.05, 0.1) is 6.61 Å². The van der Waals surface area contributed by atoms with Crippen LogP contribution in [0.3, 0.4) is 0 Å². The summed E-state index contributed by atoms with van der Waals surface area (Å²) in [5, 5.41) is 41.2. The molecule has 2 fully saturated rings. The maximum Gasteiger partial charge on any atom is 0.113 e. The van der Waals surface area contributed by atoms with E-state index in [4.69, 9.17) is 16.3 Å². The summed E-state index contributed by atoms with van der Waals surface area (Å²) < 4.78 is 5.66. The van der Waals surface area contributed by atoms with Crippen LogP contribution in [0, 0.1) is 0 Å². The maximum atomic E-state index is 10.4. The predicted octanol–water partition coefficient (Wildman–Crippen LogP) is 2.70. The van der Waals surface area contributed by atoms with Crippen LogP contribution in [0.5, 0.6) is 0 Å². The zero-order chi connectivity index (χ0) is 20.5. The Kier molecular flexibility index (Phi) is 6.51. The van der Waals surface area contributed by atoms with Gasteiger partial charge < -0.3 is 25.2 Å². The van der Waals surface area contributed by atoms with Crippen LogP contribution < -0.4 is 0 Å². The van der Waals surface area contributed by atoms with E-state index in [0.29, 0.717) is 17.0 Å². The van der Waals surface area contributed by atoms with Crippen LogP contribution in [0.25, 0.3) is 0 Å². The molecule has 0 amide bonds. The van der Waals surface area contributed by atoms with Gasteiger partial charge in [-0.3, -0.25) is 0 Å². The molecule has 2 aliphatic rings. The molecule has 1 saturated heterocycles. The SMILES string of the molecule is OCC1O[C@@H](c2ccc(Cl)c(Cc3ccc(SC4CC4)cc3)c2)[C@H](O)[C@@H](O)[C@@H]1O. The van der Waals surface area contributed by atoms with Crippen molar-refractivity contribution in [3.8, 4) is 0 Å². The lowest BCUT2D eigenvalue weighted by atomic mass is 9.90. The van der Waals surface area contributed by atoms with Crippen molar-refractivity contribution < 1.29 is 25.2 Å². The summed E-state index contributed by atoms with van der Waals surface area (Å²) in [6.45, 7) is -0.451. The minimum Gasteiger partial charge on any atom is -0.394 e. The summed E-state index contributed by atoms with van der Waals surface area (Å²) >= 11 is 8.32. The molecule has 1 unspecified atom stereocenters. The highest BCUT2D eigenvalue weighted by molar-refractivity contribution is 8.00. The molecule has 5 nitrogen and oxygen atoms in total. The van der Waals surface area contributed by atoms with Crippen LogP contribution in [-0.2, 0) is 11.2 Å². The Bertz CT molecular complexity index is 840. The number of benzene rings is 2. The van der Waals surface area contributed by atoms with Crippen molar-refractivity contribution in [2.45, 2.75) is 59.9 Å². The molecule has 4 rings (SSSR count). The number of aliphatic hydroxyl groups is 4. The van der Waals surface area contributed by atoms with Crippen molar-refractivity contribution in [3.05, 3.63) is 64.2 Å². The monoisotopic (exact) mass is 436 g/mol. The topological polar surface area (TPSA) is 90.2 Å². The summed E-state index contributed by atoms with van der Waals surface area (Å²) in [6.07, 6.45) is -2.65. The lowest BCUT2D eigenvalue weighted by Crippen LogP contribution is -2.55. The van der Waals surface area contributed by atoms with Crippen LogP contribution in [0.15, 0.2) is 47.4 Å². The van der Waals surface area contributed by atoms with Gasteiger partial charge in [0.25, 0.3) is 0 Å². The molecule has 1 heterocycles. The zero-order valence-electron chi connectivity index (χ0n) is 15.8. The molecule has 0 spiro atoms. The highest BCUT2D eigenvalue weighted by Gasteiger charge is 2.44. The van der Waals surface area contributed by atoms with Crippen molar-refractivity contribution in [1.29, 1.82) is 0 Å². The van der Waals surface area contributed by atoms with E-state index < -0.39 is 37.1 Å². The zero-order valence-corrected chi connectivity index (χ0v) is 17.4. The fourth-order valence-corrected chi connectivity index (χ4v) is 4.80. The fraction of sp³-hybridized carbons (Fsp3) is 0.455. The van der Waals surface area contributed by atoms with Crippen LogP contribution in [0.2, 0.25) is 5.02 Å². The first-order valence-corrected chi connectivity index (χ1v) is 11.1. The fourth-order valence-electron chi connectivity index (χ4n) is 3.57. The standard InChI is InChI=1S/C22H25ClO5S/c23-17-8-3-13(22-21(27)20(26)19(25)18(11-24)28-22)10-14(17)9-12-1-4-15(5-2-12)29-16-6-7-16/h1-5,8,10,16,18-22,24-27H,6-7,9,11H2/t18?,19-,20+,21-,22+/m1/s1. The Hall–Kier alpha value is -1.12. The molecule has 4 N–H and O–H groups in total. The lowest BCUT2D eigenvalue weighted by Gasteiger charge is -2.40. The van der Waals surface area contributed by atoms with E-state index in [1.54, 1.807) is 12.1 Å². The molecule has 1 saturated carbocycles. The summed E-state index contributed by atoms with van der Waals surface area (Å²) in [5.74, 6) is 0. The molecule has 29 heavy (non-hydrogen) atoms. The van der Waals surface area contributed by atoms with Crippen LogP contribution in [0.1, 0.15) is 35.6 Å². The Morgan fingerprint density at radius 1 is 0.966 bits per heavy atom. The smallest absolute Gasteiger partial charge is 0.113 e. The second-order valence-corrected chi connectivity index (χ2v) is 9.52. The molecule has 7 heteroatoms. The van der Waals surface area contributed by atoms with E-state index in [1.165, 1.54) is 17.7 Å². The first-order valence-electron chi connectivity index (χ1n) is 9.80. The van der Waals surface area contributed by atoms with Crippen LogP contribution in [-0.4, -0.2) is 56.7 Å². The van der Waals surface area contributed by atoms with Gasteiger partial charge in [-0.25, -0.2) is 0 Å². The molecular weight excluding hydrogens is 412 g/mol. The van der Waals surface area contributed by atoms with Crippen molar-refractivity contribution in [3.63, 3.8) is 0 Å². The number of rotatable bonds is 6. The second kappa shape index (κ2) is 8.94. The van der Waals surface area contributed by atoms with Crippen LogP contribution >= 0.6 is 23.4 Å². The largest absolute Gasteiger partial charge is 0.394 e. The molecule has 156 valence electrons. The van der Waals surface area contributed by atoms with E-state index in [1.807, 2.05) is 17.8 Å². The Labute approximate surface area is 179 Å². The van der Waals surface area contributed by atoms with Gasteiger partial charge in [0.15, 0.2) is 0 Å². The third-order valence-corrected chi connectivity index (χ3v) is 7.15. The highest BCUT2D eigenvalue weighted by Crippen LogP contribution is 2.39. The number of thioether (sulfide) groups is 1. The Balaban J connectivity index is 1.52. The second-order valence-electron chi connectivity index (χ2n) is 7.74. The minimum atomic E-state index is -1.40. The summed E-state index contributed by atoms with van der Waals surface area (Å²) in [7, 11) is 0. The summed E-state index contributed by atoms with van der Waals surface area (Å²) in [5.41, 5.74) is 2.64. The molecule has 2 aromatic rings. The Morgan fingerprint density at radius 3 is 2.34 bits per heavy atom. The van der Waals surface area contributed by atoms with E-state index in [9.17, 15) is 20.4 Å². The van der Waals surface area contributed by atoms with Gasteiger partial charge in [0, 0.05) is 15.2 Å². The van der Waals surface area contributed by atoms with Crippen molar-refractivity contribution in [2.75, 3.05) is 6.61 Å². The number of hydrogen-bond donors (Lipinski definition) is 4. The van der Waals surface area contributed by atoms with E-state index in [2.05, 4.69) is 24.3 Å². The first-order chi connectivity index (χ1) is 14.0. The van der Waals surface area contributed by atoms with Crippen LogP contribution in [0.4, 0.5) is 0 Å². The first kappa shape index (κ1) is 21.1.